The van der Waals surface area contributed by atoms with E-state index in [4.69, 9.17) is 9.47 Å². The molecule has 1 atom stereocenters. The van der Waals surface area contributed by atoms with E-state index >= 15 is 0 Å². The summed E-state index contributed by atoms with van der Waals surface area (Å²) in [5, 5.41) is 6.55. The summed E-state index contributed by atoms with van der Waals surface area (Å²) in [7, 11) is 0. The van der Waals surface area contributed by atoms with Crippen molar-refractivity contribution in [2.24, 2.45) is 0 Å². The summed E-state index contributed by atoms with van der Waals surface area (Å²) in [5.74, 6) is 2.58. The van der Waals surface area contributed by atoms with Gasteiger partial charge in [-0.3, -0.25) is 0 Å². The first-order valence-corrected chi connectivity index (χ1v) is 7.36. The first kappa shape index (κ1) is 15.0. The van der Waals surface area contributed by atoms with Crippen molar-refractivity contribution in [1.82, 2.24) is 9.97 Å². The van der Waals surface area contributed by atoms with Crippen LogP contribution in [0.15, 0.2) is 6.07 Å². The van der Waals surface area contributed by atoms with Crippen LogP contribution in [0.3, 0.4) is 0 Å². The highest BCUT2D eigenvalue weighted by Crippen LogP contribution is 2.13. The molecule has 1 saturated heterocycles. The minimum atomic E-state index is 0.0934. The third-order valence-corrected chi connectivity index (χ3v) is 3.00. The van der Waals surface area contributed by atoms with E-state index in [1.54, 1.807) is 0 Å². The Balaban J connectivity index is 1.97. The number of nitrogens with one attached hydrogen (secondary N) is 2. The lowest BCUT2D eigenvalue weighted by molar-refractivity contribution is -0.0819. The Kier molecular flexibility index (Phi) is 6.01. The van der Waals surface area contributed by atoms with Crippen molar-refractivity contribution in [3.8, 4) is 0 Å². The summed E-state index contributed by atoms with van der Waals surface area (Å²) in [6.07, 6.45) is 2.02. The quantitative estimate of drug-likeness (QED) is 0.792. The number of nitrogens with zero attached hydrogens (tertiary/aromatic N) is 2. The summed E-state index contributed by atoms with van der Waals surface area (Å²) in [5.41, 5.74) is 0. The van der Waals surface area contributed by atoms with Gasteiger partial charge in [-0.2, -0.15) is 0 Å². The molecule has 1 aliphatic rings. The zero-order valence-corrected chi connectivity index (χ0v) is 12.3. The monoisotopic (exact) mass is 280 g/mol. The molecule has 2 N–H and O–H groups in total. The zero-order chi connectivity index (χ0) is 14.2. The molecule has 1 aromatic rings. The molecule has 2 heterocycles. The molecule has 1 fully saturated rings. The van der Waals surface area contributed by atoms with E-state index in [-0.39, 0.29) is 6.10 Å². The fourth-order valence-electron chi connectivity index (χ4n) is 2.07. The number of aromatic nitrogens is 2. The Labute approximate surface area is 120 Å². The average Bonchev–Trinajstić information content (AvgIpc) is 2.47. The van der Waals surface area contributed by atoms with E-state index in [0.29, 0.717) is 26.4 Å². The fraction of sp³-hybridized carbons (Fsp3) is 0.714. The molecule has 1 aromatic heterocycles. The second-order valence-corrected chi connectivity index (χ2v) is 4.78. The van der Waals surface area contributed by atoms with Gasteiger partial charge in [-0.15, -0.1) is 0 Å². The second kappa shape index (κ2) is 8.01. The van der Waals surface area contributed by atoms with E-state index in [2.05, 4.69) is 34.4 Å². The van der Waals surface area contributed by atoms with E-state index in [1.165, 1.54) is 0 Å². The largest absolute Gasteiger partial charge is 0.376 e. The molecule has 6 heteroatoms. The van der Waals surface area contributed by atoms with Crippen LogP contribution < -0.4 is 10.6 Å². The molecule has 1 aliphatic heterocycles. The van der Waals surface area contributed by atoms with Gasteiger partial charge in [-0.1, -0.05) is 6.92 Å². The lowest BCUT2D eigenvalue weighted by Crippen LogP contribution is -2.34. The van der Waals surface area contributed by atoms with E-state index < -0.39 is 0 Å². The number of ether oxygens (including phenoxy) is 2. The van der Waals surface area contributed by atoms with Crippen LogP contribution in [0.1, 0.15) is 26.1 Å². The number of aryl methyl sites for hydroxylation is 1. The summed E-state index contributed by atoms with van der Waals surface area (Å²) in [6, 6.07) is 1.94. The first-order chi connectivity index (χ1) is 9.81. The molecule has 0 bridgehead atoms. The topological polar surface area (TPSA) is 68.3 Å². The highest BCUT2D eigenvalue weighted by Gasteiger charge is 2.14. The van der Waals surface area contributed by atoms with Gasteiger partial charge in [0.05, 0.1) is 25.9 Å². The second-order valence-electron chi connectivity index (χ2n) is 4.78. The van der Waals surface area contributed by atoms with Crippen LogP contribution in [0, 0.1) is 0 Å². The predicted octanol–water partition coefficient (Wildman–Crippen LogP) is 1.69. The highest BCUT2D eigenvalue weighted by molar-refractivity contribution is 5.47. The van der Waals surface area contributed by atoms with Crippen molar-refractivity contribution < 1.29 is 9.47 Å². The Morgan fingerprint density at radius 3 is 2.65 bits per heavy atom. The standard InChI is InChI=1S/C14H24N4O2/c1-3-5-12-17-13(15-4-2)8-14(18-12)16-9-11-10-19-6-7-20-11/h8,11H,3-7,9-10H2,1-2H3,(H2,15,16,17,18). The van der Waals surface area contributed by atoms with Gasteiger partial charge in [0.25, 0.3) is 0 Å². The lowest BCUT2D eigenvalue weighted by Gasteiger charge is -2.23. The third kappa shape index (κ3) is 4.61. The summed E-state index contributed by atoms with van der Waals surface area (Å²) in [4.78, 5) is 9.02. The molecule has 0 radical (unpaired) electrons. The molecular formula is C14H24N4O2. The Morgan fingerprint density at radius 2 is 2.00 bits per heavy atom. The van der Waals surface area contributed by atoms with Gasteiger partial charge in [0, 0.05) is 25.6 Å². The Hall–Kier alpha value is -1.40. The maximum Gasteiger partial charge on any atom is 0.133 e. The van der Waals surface area contributed by atoms with Crippen LogP contribution in [0.2, 0.25) is 0 Å². The molecule has 0 spiro atoms. The van der Waals surface area contributed by atoms with Gasteiger partial charge < -0.3 is 20.1 Å². The lowest BCUT2D eigenvalue weighted by atomic mass is 10.3. The van der Waals surface area contributed by atoms with E-state index in [9.17, 15) is 0 Å². The SMILES string of the molecule is CCCc1nc(NCC)cc(NCC2COCCO2)n1. The van der Waals surface area contributed by atoms with Gasteiger partial charge >= 0.3 is 0 Å². The molecule has 0 aromatic carbocycles. The van der Waals surface area contributed by atoms with E-state index in [0.717, 1.165) is 36.8 Å². The summed E-state index contributed by atoms with van der Waals surface area (Å²) < 4.78 is 11.0. The summed E-state index contributed by atoms with van der Waals surface area (Å²) in [6.45, 7) is 7.73. The molecule has 112 valence electrons. The van der Waals surface area contributed by atoms with Gasteiger partial charge in [0.15, 0.2) is 0 Å². The number of rotatable bonds is 7. The van der Waals surface area contributed by atoms with Crippen LogP contribution in [0.4, 0.5) is 11.6 Å². The van der Waals surface area contributed by atoms with Crippen LogP contribution in [-0.4, -0.2) is 49.0 Å². The van der Waals surface area contributed by atoms with Crippen molar-refractivity contribution in [2.45, 2.75) is 32.8 Å². The normalized spacial score (nSPS) is 18.8. The van der Waals surface area contributed by atoms with Crippen LogP contribution >= 0.6 is 0 Å². The molecule has 0 amide bonds. The van der Waals surface area contributed by atoms with Crippen molar-refractivity contribution in [1.29, 1.82) is 0 Å². The maximum atomic E-state index is 5.61. The number of hydrogen-bond donors (Lipinski definition) is 2. The first-order valence-electron chi connectivity index (χ1n) is 7.36. The van der Waals surface area contributed by atoms with Crippen molar-refractivity contribution in [3.05, 3.63) is 11.9 Å². The third-order valence-electron chi connectivity index (χ3n) is 3.00. The highest BCUT2D eigenvalue weighted by atomic mass is 16.6. The molecular weight excluding hydrogens is 256 g/mol. The minimum absolute atomic E-state index is 0.0934. The van der Waals surface area contributed by atoms with Crippen molar-refractivity contribution in [3.63, 3.8) is 0 Å². The Bertz CT molecular complexity index is 384. The molecule has 6 nitrogen and oxygen atoms in total. The van der Waals surface area contributed by atoms with Crippen LogP contribution in [0.5, 0.6) is 0 Å². The van der Waals surface area contributed by atoms with Gasteiger partial charge in [0.2, 0.25) is 0 Å². The molecule has 0 saturated carbocycles. The predicted molar refractivity (Wildman–Crippen MR) is 79.2 cm³/mol. The van der Waals surface area contributed by atoms with E-state index in [1.807, 2.05) is 6.07 Å². The van der Waals surface area contributed by atoms with Crippen molar-refractivity contribution >= 4 is 11.6 Å². The smallest absolute Gasteiger partial charge is 0.133 e. The number of hydrogen-bond acceptors (Lipinski definition) is 6. The average molecular weight is 280 g/mol. The molecule has 20 heavy (non-hydrogen) atoms. The van der Waals surface area contributed by atoms with Crippen LogP contribution in [-0.2, 0) is 15.9 Å². The molecule has 2 rings (SSSR count). The minimum Gasteiger partial charge on any atom is -0.376 e. The molecule has 1 unspecified atom stereocenters. The maximum absolute atomic E-state index is 5.61. The van der Waals surface area contributed by atoms with Gasteiger partial charge in [-0.05, 0) is 13.3 Å². The van der Waals surface area contributed by atoms with Crippen LogP contribution in [0.25, 0.3) is 0 Å². The van der Waals surface area contributed by atoms with Gasteiger partial charge in [0.1, 0.15) is 17.5 Å². The summed E-state index contributed by atoms with van der Waals surface area (Å²) >= 11 is 0. The van der Waals surface area contributed by atoms with Gasteiger partial charge in [-0.25, -0.2) is 9.97 Å². The zero-order valence-electron chi connectivity index (χ0n) is 12.3. The van der Waals surface area contributed by atoms with Crippen molar-refractivity contribution in [2.75, 3.05) is 43.5 Å². The Morgan fingerprint density at radius 1 is 1.20 bits per heavy atom. The number of anilines is 2. The fourth-order valence-corrected chi connectivity index (χ4v) is 2.07. The molecule has 0 aliphatic carbocycles.